The van der Waals surface area contributed by atoms with Gasteiger partial charge in [0.15, 0.2) is 0 Å². The summed E-state index contributed by atoms with van der Waals surface area (Å²) in [6.45, 7) is 3.86. The Morgan fingerprint density at radius 1 is 1.16 bits per heavy atom. The lowest BCUT2D eigenvalue weighted by Gasteiger charge is -2.35. The number of piperazine rings is 1. The van der Waals surface area contributed by atoms with Crippen LogP contribution in [0.2, 0.25) is 0 Å². The molecule has 1 aromatic carbocycles. The van der Waals surface area contributed by atoms with E-state index in [4.69, 9.17) is 4.18 Å². The van der Waals surface area contributed by atoms with E-state index < -0.39 is 25.1 Å². The molecule has 1 aromatic heterocycles. The van der Waals surface area contributed by atoms with Gasteiger partial charge in [-0.05, 0) is 24.1 Å². The van der Waals surface area contributed by atoms with Crippen molar-refractivity contribution in [2.45, 2.75) is 18.4 Å². The van der Waals surface area contributed by atoms with Crippen LogP contribution in [-0.2, 0) is 30.9 Å². The molecule has 0 aliphatic carbocycles. The highest BCUT2D eigenvalue weighted by molar-refractivity contribution is 9.09. The Kier molecular flexibility index (Phi) is 9.99. The van der Waals surface area contributed by atoms with Gasteiger partial charge in [0.25, 0.3) is 15.8 Å². The van der Waals surface area contributed by atoms with Gasteiger partial charge in [-0.3, -0.25) is 24.2 Å². The lowest BCUT2D eigenvalue weighted by molar-refractivity contribution is -0.385. The van der Waals surface area contributed by atoms with Crippen LogP contribution in [0.4, 0.5) is 11.4 Å². The fraction of sp³-hybridized carbons (Fsp3) is 0.500. The fourth-order valence-corrected chi connectivity index (χ4v) is 6.72. The van der Waals surface area contributed by atoms with E-state index in [1.807, 2.05) is 12.1 Å². The number of halogens is 1. The minimum Gasteiger partial charge on any atom is -0.367 e. The number of aromatic nitrogens is 1. The molecule has 0 N–H and O–H groups in total. The lowest BCUT2D eigenvalue weighted by atomic mass is 10.1. The number of sulfonamides is 1. The summed E-state index contributed by atoms with van der Waals surface area (Å²) >= 11 is 3.35. The van der Waals surface area contributed by atoms with Crippen LogP contribution in [0.1, 0.15) is 11.1 Å². The first kappa shape index (κ1) is 29.4. The molecule has 0 saturated carbocycles. The number of anilines is 1. The van der Waals surface area contributed by atoms with Crippen LogP contribution in [0.25, 0.3) is 0 Å². The minimum atomic E-state index is -4.11. The molecule has 37 heavy (non-hydrogen) atoms. The van der Waals surface area contributed by atoms with E-state index in [9.17, 15) is 26.9 Å². The van der Waals surface area contributed by atoms with Crippen molar-refractivity contribution in [3.8, 4) is 0 Å². The second-order valence-corrected chi connectivity index (χ2v) is 13.0. The Bertz CT molecular complexity index is 1300. The van der Waals surface area contributed by atoms with E-state index in [2.05, 4.69) is 25.8 Å². The average Bonchev–Trinajstić information content (AvgIpc) is 2.83. The smallest absolute Gasteiger partial charge is 0.271 e. The molecular weight excluding hydrogens is 590 g/mol. The van der Waals surface area contributed by atoms with E-state index >= 15 is 0 Å². The van der Waals surface area contributed by atoms with Crippen LogP contribution in [0, 0.1) is 17.0 Å². The molecule has 3 rings (SSSR count). The summed E-state index contributed by atoms with van der Waals surface area (Å²) in [6, 6.07) is 6.21. The Balaban J connectivity index is 1.91. The Morgan fingerprint density at radius 2 is 1.86 bits per heavy atom. The molecule has 204 valence electrons. The molecule has 1 aliphatic rings. The highest BCUT2D eigenvalue weighted by atomic mass is 79.9. The standard InChI is InChI=1S/C22H30BrN5O7S2/c1-18-14-20(28(29)30)15-21(22(18)26(7-5-23)12-13-35-36(2,31)32)37(33,34)27-10-8-25(9-11-27)17-19-4-3-6-24-16-19/h3-4,6,14-16H,5,7-13,17H2,1-2H3. The Labute approximate surface area is 225 Å². The number of non-ortho nitro benzene ring substituents is 1. The summed E-state index contributed by atoms with van der Waals surface area (Å²) in [5, 5.41) is 12.0. The maximum absolute atomic E-state index is 13.9. The third kappa shape index (κ3) is 7.91. The number of aryl methyl sites for hydroxylation is 1. The summed E-state index contributed by atoms with van der Waals surface area (Å²) in [7, 11) is -7.80. The van der Waals surface area contributed by atoms with Gasteiger partial charge in [-0.1, -0.05) is 22.0 Å². The van der Waals surface area contributed by atoms with Crippen molar-refractivity contribution in [3.63, 3.8) is 0 Å². The maximum Gasteiger partial charge on any atom is 0.271 e. The van der Waals surface area contributed by atoms with Crippen LogP contribution in [0.3, 0.4) is 0 Å². The van der Waals surface area contributed by atoms with Crippen molar-refractivity contribution in [1.82, 2.24) is 14.2 Å². The van der Waals surface area contributed by atoms with Gasteiger partial charge >= 0.3 is 0 Å². The fourth-order valence-electron chi connectivity index (χ4n) is 4.19. The molecule has 2 heterocycles. The van der Waals surface area contributed by atoms with Gasteiger partial charge in [0, 0.05) is 75.7 Å². The largest absolute Gasteiger partial charge is 0.367 e. The summed E-state index contributed by atoms with van der Waals surface area (Å²) in [5.41, 5.74) is 1.38. The molecular formula is C22H30BrN5O7S2. The molecule has 15 heteroatoms. The SMILES string of the molecule is Cc1cc([N+](=O)[O-])cc(S(=O)(=O)N2CCN(Cc3cccnc3)CC2)c1N(CCBr)CCOS(C)(=O)=O. The molecule has 1 aliphatic heterocycles. The van der Waals surface area contributed by atoms with Crippen molar-refractivity contribution in [2.75, 3.05) is 62.4 Å². The van der Waals surface area contributed by atoms with E-state index in [1.165, 1.54) is 10.4 Å². The number of alkyl halides is 1. The zero-order chi connectivity index (χ0) is 27.2. The summed E-state index contributed by atoms with van der Waals surface area (Å²) in [5.74, 6) is 0. The second-order valence-electron chi connectivity index (χ2n) is 8.61. The maximum atomic E-state index is 13.9. The summed E-state index contributed by atoms with van der Waals surface area (Å²) in [6.07, 6.45) is 4.40. The molecule has 0 atom stereocenters. The van der Waals surface area contributed by atoms with Crippen LogP contribution in [0.5, 0.6) is 0 Å². The van der Waals surface area contributed by atoms with Crippen LogP contribution in [-0.4, -0.2) is 93.4 Å². The summed E-state index contributed by atoms with van der Waals surface area (Å²) < 4.78 is 56.8. The van der Waals surface area contributed by atoms with E-state index in [0.717, 1.165) is 17.9 Å². The molecule has 0 unspecified atom stereocenters. The van der Waals surface area contributed by atoms with Crippen LogP contribution < -0.4 is 4.90 Å². The first-order valence-electron chi connectivity index (χ1n) is 11.5. The molecule has 1 saturated heterocycles. The van der Waals surface area contributed by atoms with Gasteiger partial charge in [0.2, 0.25) is 10.0 Å². The van der Waals surface area contributed by atoms with Gasteiger partial charge in [-0.25, -0.2) is 8.42 Å². The van der Waals surface area contributed by atoms with Gasteiger partial charge in [0.05, 0.1) is 23.5 Å². The van der Waals surface area contributed by atoms with Gasteiger partial charge in [-0.15, -0.1) is 0 Å². The van der Waals surface area contributed by atoms with E-state index in [1.54, 1.807) is 24.2 Å². The van der Waals surface area contributed by atoms with Crippen molar-refractivity contribution in [2.24, 2.45) is 0 Å². The van der Waals surface area contributed by atoms with Crippen molar-refractivity contribution in [1.29, 1.82) is 0 Å². The normalized spacial score (nSPS) is 15.5. The van der Waals surface area contributed by atoms with Crippen LogP contribution >= 0.6 is 15.9 Å². The Hall–Kier alpha value is -2.17. The molecule has 12 nitrogen and oxygen atoms in total. The van der Waals surface area contributed by atoms with Crippen LogP contribution in [0.15, 0.2) is 41.6 Å². The number of rotatable bonds is 12. The average molecular weight is 621 g/mol. The number of pyridine rings is 1. The topological polar surface area (TPSA) is 143 Å². The van der Waals surface area contributed by atoms with Gasteiger partial charge in [0.1, 0.15) is 4.90 Å². The second kappa shape index (κ2) is 12.6. The molecule has 0 amide bonds. The number of nitrogens with zero attached hydrogens (tertiary/aromatic N) is 5. The van der Waals surface area contributed by atoms with E-state index in [-0.39, 0.29) is 36.8 Å². The third-order valence-electron chi connectivity index (χ3n) is 5.87. The lowest BCUT2D eigenvalue weighted by Crippen LogP contribution is -2.48. The zero-order valence-electron chi connectivity index (χ0n) is 20.6. The first-order chi connectivity index (χ1) is 17.4. The third-order valence-corrected chi connectivity index (χ3v) is 8.73. The summed E-state index contributed by atoms with van der Waals surface area (Å²) in [4.78, 5) is 18.7. The quantitative estimate of drug-likeness (QED) is 0.150. The number of nitro benzene ring substituents is 1. The number of hydrogen-bond donors (Lipinski definition) is 0. The first-order valence-corrected chi connectivity index (χ1v) is 15.9. The van der Waals surface area contributed by atoms with E-state index in [0.29, 0.717) is 42.8 Å². The molecule has 2 aromatic rings. The van der Waals surface area contributed by atoms with Crippen molar-refractivity contribution >= 4 is 47.4 Å². The predicted molar refractivity (Wildman–Crippen MR) is 143 cm³/mol. The number of benzene rings is 1. The highest BCUT2D eigenvalue weighted by Gasteiger charge is 2.34. The van der Waals surface area contributed by atoms with Crippen molar-refractivity contribution in [3.05, 3.63) is 57.9 Å². The monoisotopic (exact) mass is 619 g/mol. The number of nitro groups is 1. The highest BCUT2D eigenvalue weighted by Crippen LogP contribution is 2.35. The zero-order valence-corrected chi connectivity index (χ0v) is 23.8. The van der Waals surface area contributed by atoms with Crippen molar-refractivity contribution < 1.29 is 25.9 Å². The predicted octanol–water partition coefficient (Wildman–Crippen LogP) is 1.98. The Morgan fingerprint density at radius 3 is 2.43 bits per heavy atom. The van der Waals surface area contributed by atoms with Gasteiger partial charge in [-0.2, -0.15) is 12.7 Å². The molecule has 0 bridgehead atoms. The number of hydrogen-bond acceptors (Lipinski definition) is 10. The van der Waals surface area contributed by atoms with Gasteiger partial charge < -0.3 is 4.90 Å². The minimum absolute atomic E-state index is 0.0682. The molecule has 0 radical (unpaired) electrons. The molecule has 0 spiro atoms. The molecule has 1 fully saturated rings.